The van der Waals surface area contributed by atoms with Crippen molar-refractivity contribution in [3.63, 3.8) is 0 Å². The molecule has 1 aromatic carbocycles. The van der Waals surface area contributed by atoms with E-state index in [2.05, 4.69) is 9.88 Å². The van der Waals surface area contributed by atoms with Gasteiger partial charge in [-0.05, 0) is 12.1 Å². The summed E-state index contributed by atoms with van der Waals surface area (Å²) < 4.78 is 5.93. The fraction of sp³-hybridized carbons (Fsp3) is 0.312. The van der Waals surface area contributed by atoms with Gasteiger partial charge in [-0.25, -0.2) is 4.98 Å². The molecule has 3 rings (SSSR count). The molecule has 0 aliphatic carbocycles. The minimum atomic E-state index is -0.449. The second-order valence-corrected chi connectivity index (χ2v) is 6.31. The number of nitrogens with zero attached hydrogens (tertiary/aromatic N) is 3. The number of non-ortho nitro benzene ring substituents is 1. The predicted octanol–water partition coefficient (Wildman–Crippen LogP) is 4.34. The molecule has 1 aliphatic heterocycles. The van der Waals surface area contributed by atoms with Crippen LogP contribution in [0.4, 0.5) is 11.4 Å². The van der Waals surface area contributed by atoms with E-state index in [-0.39, 0.29) is 11.8 Å². The van der Waals surface area contributed by atoms with Crippen LogP contribution in [0.25, 0.3) is 0 Å². The van der Waals surface area contributed by atoms with E-state index in [1.165, 1.54) is 12.1 Å². The van der Waals surface area contributed by atoms with Crippen LogP contribution in [0, 0.1) is 10.1 Å². The standard InChI is InChI=1S/C16H15Cl2N3O3/c17-14-9-11(21(22)23)1-2-15(14)20-7-4-12(5-8-20)24-13-3-6-19-16(18)10-13/h1-3,6,9-10,12H,4-5,7-8H2. The van der Waals surface area contributed by atoms with Crippen molar-refractivity contribution in [1.29, 1.82) is 0 Å². The Balaban J connectivity index is 1.62. The summed E-state index contributed by atoms with van der Waals surface area (Å²) in [6, 6.07) is 8.04. The quantitative estimate of drug-likeness (QED) is 0.456. The number of benzene rings is 1. The highest BCUT2D eigenvalue weighted by molar-refractivity contribution is 6.33. The van der Waals surface area contributed by atoms with E-state index in [0.717, 1.165) is 31.6 Å². The van der Waals surface area contributed by atoms with Gasteiger partial charge in [0, 0.05) is 50.3 Å². The number of hydrogen-bond donors (Lipinski definition) is 0. The van der Waals surface area contributed by atoms with E-state index in [1.54, 1.807) is 24.4 Å². The lowest BCUT2D eigenvalue weighted by molar-refractivity contribution is -0.384. The van der Waals surface area contributed by atoms with E-state index in [9.17, 15) is 10.1 Å². The van der Waals surface area contributed by atoms with Crippen LogP contribution >= 0.6 is 23.2 Å². The predicted molar refractivity (Wildman–Crippen MR) is 93.2 cm³/mol. The molecule has 0 atom stereocenters. The van der Waals surface area contributed by atoms with E-state index in [1.807, 2.05) is 0 Å². The monoisotopic (exact) mass is 367 g/mol. The summed E-state index contributed by atoms with van der Waals surface area (Å²) in [7, 11) is 0. The smallest absolute Gasteiger partial charge is 0.271 e. The maximum atomic E-state index is 10.8. The summed E-state index contributed by atoms with van der Waals surface area (Å²) in [6.07, 6.45) is 3.36. The van der Waals surface area contributed by atoms with Gasteiger partial charge >= 0.3 is 0 Å². The van der Waals surface area contributed by atoms with Gasteiger partial charge in [-0.1, -0.05) is 23.2 Å². The number of halogens is 2. The Kier molecular flexibility index (Phi) is 5.06. The average Bonchev–Trinajstić information content (AvgIpc) is 2.55. The van der Waals surface area contributed by atoms with Gasteiger partial charge in [-0.2, -0.15) is 0 Å². The Morgan fingerprint density at radius 2 is 1.96 bits per heavy atom. The third kappa shape index (κ3) is 3.88. The van der Waals surface area contributed by atoms with Crippen molar-refractivity contribution < 1.29 is 9.66 Å². The fourth-order valence-electron chi connectivity index (χ4n) is 2.73. The molecular weight excluding hydrogens is 353 g/mol. The molecule has 0 N–H and O–H groups in total. The van der Waals surface area contributed by atoms with E-state index >= 15 is 0 Å². The molecule has 1 aliphatic rings. The van der Waals surface area contributed by atoms with Crippen LogP contribution in [0.1, 0.15) is 12.8 Å². The maximum Gasteiger partial charge on any atom is 0.271 e. The number of nitro groups is 1. The Morgan fingerprint density at radius 3 is 2.58 bits per heavy atom. The molecule has 1 saturated heterocycles. The van der Waals surface area contributed by atoms with E-state index < -0.39 is 4.92 Å². The van der Waals surface area contributed by atoms with Crippen LogP contribution in [0.3, 0.4) is 0 Å². The molecule has 0 saturated carbocycles. The average molecular weight is 368 g/mol. The number of ether oxygens (including phenoxy) is 1. The SMILES string of the molecule is O=[N+]([O-])c1ccc(N2CCC(Oc3ccnc(Cl)c3)CC2)c(Cl)c1. The highest BCUT2D eigenvalue weighted by Gasteiger charge is 2.23. The van der Waals surface area contributed by atoms with Gasteiger partial charge in [0.1, 0.15) is 17.0 Å². The van der Waals surface area contributed by atoms with Crippen molar-refractivity contribution in [2.24, 2.45) is 0 Å². The highest BCUT2D eigenvalue weighted by Crippen LogP contribution is 2.32. The van der Waals surface area contributed by atoms with Crippen molar-refractivity contribution in [2.75, 3.05) is 18.0 Å². The summed E-state index contributed by atoms with van der Waals surface area (Å²) in [6.45, 7) is 1.53. The number of hydrogen-bond acceptors (Lipinski definition) is 5. The largest absolute Gasteiger partial charge is 0.490 e. The molecule has 2 aromatic rings. The van der Waals surface area contributed by atoms with Crippen LogP contribution in [-0.2, 0) is 0 Å². The van der Waals surface area contributed by atoms with Crippen molar-refractivity contribution in [1.82, 2.24) is 4.98 Å². The topological polar surface area (TPSA) is 68.5 Å². The summed E-state index contributed by atoms with van der Waals surface area (Å²) in [5, 5.41) is 11.6. The summed E-state index contributed by atoms with van der Waals surface area (Å²) in [5.74, 6) is 0.710. The van der Waals surface area contributed by atoms with Crippen LogP contribution in [0.15, 0.2) is 36.5 Å². The van der Waals surface area contributed by atoms with Crippen LogP contribution in [-0.4, -0.2) is 29.1 Å². The first-order chi connectivity index (χ1) is 11.5. The molecular formula is C16H15Cl2N3O3. The maximum absolute atomic E-state index is 10.8. The Labute approximate surface area is 149 Å². The zero-order valence-corrected chi connectivity index (χ0v) is 14.2. The van der Waals surface area contributed by atoms with Crippen LogP contribution in [0.5, 0.6) is 5.75 Å². The summed E-state index contributed by atoms with van der Waals surface area (Å²) in [4.78, 5) is 16.4. The molecule has 0 spiro atoms. The number of anilines is 1. The minimum absolute atomic E-state index is 0.00321. The van der Waals surface area contributed by atoms with Gasteiger partial charge in [-0.3, -0.25) is 10.1 Å². The van der Waals surface area contributed by atoms with E-state index in [0.29, 0.717) is 15.9 Å². The van der Waals surface area contributed by atoms with Crippen LogP contribution < -0.4 is 9.64 Å². The molecule has 0 radical (unpaired) electrons. The third-order valence-electron chi connectivity index (χ3n) is 3.93. The van der Waals surface area contributed by atoms with Crippen LogP contribution in [0.2, 0.25) is 10.2 Å². The normalized spacial score (nSPS) is 15.3. The molecule has 2 heterocycles. The summed E-state index contributed by atoms with van der Waals surface area (Å²) in [5.41, 5.74) is 0.809. The van der Waals surface area contributed by atoms with Crippen molar-refractivity contribution in [2.45, 2.75) is 18.9 Å². The number of piperidine rings is 1. The molecule has 0 amide bonds. The van der Waals surface area contributed by atoms with Crippen molar-refractivity contribution in [3.8, 4) is 5.75 Å². The Bertz CT molecular complexity index is 749. The zero-order valence-electron chi connectivity index (χ0n) is 12.7. The number of pyridine rings is 1. The van der Waals surface area contributed by atoms with E-state index in [4.69, 9.17) is 27.9 Å². The minimum Gasteiger partial charge on any atom is -0.490 e. The third-order valence-corrected chi connectivity index (χ3v) is 4.43. The van der Waals surface area contributed by atoms with Crippen molar-refractivity contribution >= 4 is 34.6 Å². The first-order valence-electron chi connectivity index (χ1n) is 7.50. The lowest BCUT2D eigenvalue weighted by atomic mass is 10.1. The molecule has 1 aromatic heterocycles. The van der Waals surface area contributed by atoms with Gasteiger partial charge in [0.2, 0.25) is 0 Å². The van der Waals surface area contributed by atoms with Gasteiger partial charge in [0.15, 0.2) is 0 Å². The molecule has 1 fully saturated rings. The van der Waals surface area contributed by atoms with Gasteiger partial charge in [0.05, 0.1) is 15.6 Å². The second kappa shape index (κ2) is 7.23. The number of nitro benzene ring substituents is 1. The fourth-order valence-corrected chi connectivity index (χ4v) is 3.19. The van der Waals surface area contributed by atoms with Gasteiger partial charge in [0.25, 0.3) is 5.69 Å². The molecule has 0 bridgehead atoms. The molecule has 0 unspecified atom stereocenters. The zero-order chi connectivity index (χ0) is 17.1. The summed E-state index contributed by atoms with van der Waals surface area (Å²) >= 11 is 12.0. The molecule has 126 valence electrons. The number of aromatic nitrogens is 1. The van der Waals surface area contributed by atoms with Gasteiger partial charge in [-0.15, -0.1) is 0 Å². The molecule has 24 heavy (non-hydrogen) atoms. The molecule has 8 heteroatoms. The first-order valence-corrected chi connectivity index (χ1v) is 8.25. The van der Waals surface area contributed by atoms with Crippen molar-refractivity contribution in [3.05, 3.63) is 56.8 Å². The lowest BCUT2D eigenvalue weighted by Gasteiger charge is -2.34. The van der Waals surface area contributed by atoms with Gasteiger partial charge < -0.3 is 9.64 Å². The Morgan fingerprint density at radius 1 is 1.21 bits per heavy atom. The lowest BCUT2D eigenvalue weighted by Crippen LogP contribution is -2.38. The highest BCUT2D eigenvalue weighted by atomic mass is 35.5. The number of rotatable bonds is 4. The Hall–Kier alpha value is -2.05. The first kappa shape index (κ1) is 16.8. The molecule has 6 nitrogen and oxygen atoms in total. The second-order valence-electron chi connectivity index (χ2n) is 5.51.